The van der Waals surface area contributed by atoms with Crippen molar-refractivity contribution in [2.24, 2.45) is 0 Å². The van der Waals surface area contributed by atoms with Gasteiger partial charge in [-0.25, -0.2) is 0 Å². The zero-order valence-electron chi connectivity index (χ0n) is 10.8. The summed E-state index contributed by atoms with van der Waals surface area (Å²) < 4.78 is 11.2. The maximum Gasteiger partial charge on any atom is 0.248 e. The molecule has 1 aliphatic rings. The minimum absolute atomic E-state index is 0.110. The van der Waals surface area contributed by atoms with Gasteiger partial charge in [-0.2, -0.15) is 0 Å². The lowest BCUT2D eigenvalue weighted by molar-refractivity contribution is -0.138. The Labute approximate surface area is 104 Å². The van der Waals surface area contributed by atoms with Gasteiger partial charge in [0.1, 0.15) is 5.54 Å². The molecule has 0 aromatic carbocycles. The van der Waals surface area contributed by atoms with Crippen molar-refractivity contribution in [3.8, 4) is 0 Å². The Morgan fingerprint density at radius 1 is 1.47 bits per heavy atom. The normalized spacial score (nSPS) is 23.9. The highest BCUT2D eigenvalue weighted by molar-refractivity contribution is 7.84. The van der Waals surface area contributed by atoms with Crippen molar-refractivity contribution in [3.63, 3.8) is 0 Å². The predicted octanol–water partition coefficient (Wildman–Crippen LogP) is -0.119. The second-order valence-corrected chi connectivity index (χ2v) is 6.49. The standard InChI is InChI=1S/C11H20N2O3S/c1-8(7-17(4)16)13-6-5-9(14)12-11(2,3)10(13)15/h8H,5-7H2,1-4H3,(H,12,14). The van der Waals surface area contributed by atoms with Gasteiger partial charge in [0.2, 0.25) is 11.8 Å². The average Bonchev–Trinajstić information content (AvgIpc) is 2.23. The molecule has 98 valence electrons. The molecule has 1 rings (SSSR count). The van der Waals surface area contributed by atoms with E-state index in [1.54, 1.807) is 25.0 Å². The van der Waals surface area contributed by atoms with Gasteiger partial charge in [-0.1, -0.05) is 0 Å². The second-order valence-electron chi connectivity index (χ2n) is 5.01. The summed E-state index contributed by atoms with van der Waals surface area (Å²) in [6.07, 6.45) is 1.92. The van der Waals surface area contributed by atoms with Crippen LogP contribution in [0.3, 0.4) is 0 Å². The first-order valence-corrected chi connectivity index (χ1v) is 7.39. The molecular weight excluding hydrogens is 240 g/mol. The molecule has 0 saturated carbocycles. The number of rotatable bonds is 3. The number of carbonyl (C=O) groups is 2. The van der Waals surface area contributed by atoms with Crippen LogP contribution in [-0.2, 0) is 20.4 Å². The highest BCUT2D eigenvalue weighted by Gasteiger charge is 2.38. The van der Waals surface area contributed by atoms with Crippen LogP contribution in [0, 0.1) is 0 Å². The Hall–Kier alpha value is -0.910. The van der Waals surface area contributed by atoms with E-state index in [2.05, 4.69) is 5.32 Å². The fraction of sp³-hybridized carbons (Fsp3) is 0.818. The lowest BCUT2D eigenvalue weighted by Gasteiger charge is -2.32. The fourth-order valence-corrected chi connectivity index (χ4v) is 2.86. The first kappa shape index (κ1) is 14.2. The number of hydrogen-bond acceptors (Lipinski definition) is 3. The molecular formula is C11H20N2O3S. The minimum Gasteiger partial charge on any atom is -0.342 e. The van der Waals surface area contributed by atoms with Crippen molar-refractivity contribution in [2.75, 3.05) is 18.6 Å². The lowest BCUT2D eigenvalue weighted by atomic mass is 10.0. The van der Waals surface area contributed by atoms with E-state index in [1.165, 1.54) is 0 Å². The number of nitrogens with zero attached hydrogens (tertiary/aromatic N) is 1. The SMILES string of the molecule is CC(CS(C)=O)N1CCC(=O)NC(C)(C)C1=O. The van der Waals surface area contributed by atoms with Crippen molar-refractivity contribution in [2.45, 2.75) is 38.8 Å². The van der Waals surface area contributed by atoms with Crippen molar-refractivity contribution in [3.05, 3.63) is 0 Å². The third kappa shape index (κ3) is 3.52. The van der Waals surface area contributed by atoms with Gasteiger partial charge < -0.3 is 10.2 Å². The molecule has 1 heterocycles. The Balaban J connectivity index is 2.87. The van der Waals surface area contributed by atoms with Crippen LogP contribution in [0.1, 0.15) is 27.2 Å². The van der Waals surface area contributed by atoms with E-state index in [-0.39, 0.29) is 17.9 Å². The van der Waals surface area contributed by atoms with Crippen LogP contribution in [0.25, 0.3) is 0 Å². The van der Waals surface area contributed by atoms with E-state index in [0.29, 0.717) is 18.7 Å². The number of amides is 2. The number of nitrogens with one attached hydrogen (secondary N) is 1. The van der Waals surface area contributed by atoms with Crippen LogP contribution < -0.4 is 5.32 Å². The maximum absolute atomic E-state index is 12.2. The summed E-state index contributed by atoms with van der Waals surface area (Å²) in [6.45, 7) is 5.65. The predicted molar refractivity (Wildman–Crippen MR) is 66.9 cm³/mol. The third-order valence-electron chi connectivity index (χ3n) is 2.84. The van der Waals surface area contributed by atoms with Crippen LogP contribution in [0.15, 0.2) is 0 Å². The summed E-state index contributed by atoms with van der Waals surface area (Å²) in [6, 6.07) is -0.111. The molecule has 2 unspecified atom stereocenters. The number of carbonyl (C=O) groups excluding carboxylic acids is 2. The molecule has 0 radical (unpaired) electrons. The molecule has 1 saturated heterocycles. The van der Waals surface area contributed by atoms with E-state index in [0.717, 1.165) is 0 Å². The zero-order chi connectivity index (χ0) is 13.2. The van der Waals surface area contributed by atoms with Crippen LogP contribution in [0.5, 0.6) is 0 Å². The van der Waals surface area contributed by atoms with Crippen LogP contribution in [0.4, 0.5) is 0 Å². The molecule has 1 fully saturated rings. The van der Waals surface area contributed by atoms with E-state index < -0.39 is 16.3 Å². The quantitative estimate of drug-likeness (QED) is 0.769. The zero-order valence-corrected chi connectivity index (χ0v) is 11.6. The Morgan fingerprint density at radius 3 is 2.59 bits per heavy atom. The van der Waals surface area contributed by atoms with Crippen molar-refractivity contribution in [1.29, 1.82) is 0 Å². The van der Waals surface area contributed by atoms with E-state index in [1.807, 2.05) is 6.92 Å². The molecule has 0 aromatic heterocycles. The van der Waals surface area contributed by atoms with Gasteiger partial charge in [-0.15, -0.1) is 0 Å². The molecule has 2 amide bonds. The summed E-state index contributed by atoms with van der Waals surface area (Å²) in [5.74, 6) is 0.215. The molecule has 6 heteroatoms. The highest BCUT2D eigenvalue weighted by Crippen LogP contribution is 2.16. The summed E-state index contributed by atoms with van der Waals surface area (Å²) in [5.41, 5.74) is -0.878. The van der Waals surface area contributed by atoms with E-state index in [4.69, 9.17) is 0 Å². The van der Waals surface area contributed by atoms with Crippen molar-refractivity contribution in [1.82, 2.24) is 10.2 Å². The molecule has 5 nitrogen and oxygen atoms in total. The van der Waals surface area contributed by atoms with Gasteiger partial charge in [-0.05, 0) is 20.8 Å². The Kier molecular flexibility index (Phi) is 4.30. The fourth-order valence-electron chi connectivity index (χ4n) is 2.00. The van der Waals surface area contributed by atoms with Crippen LogP contribution >= 0.6 is 0 Å². The monoisotopic (exact) mass is 260 g/mol. The van der Waals surface area contributed by atoms with Crippen LogP contribution in [-0.4, -0.2) is 51.1 Å². The second kappa shape index (κ2) is 5.16. The first-order valence-electron chi connectivity index (χ1n) is 5.66. The van der Waals surface area contributed by atoms with Gasteiger partial charge in [-0.3, -0.25) is 13.8 Å². The Bertz CT molecular complexity index is 355. The molecule has 0 aliphatic carbocycles. The minimum atomic E-state index is -0.951. The lowest BCUT2D eigenvalue weighted by Crippen LogP contribution is -2.55. The maximum atomic E-state index is 12.2. The molecule has 0 aromatic rings. The molecule has 0 spiro atoms. The average molecular weight is 260 g/mol. The van der Waals surface area contributed by atoms with E-state index >= 15 is 0 Å². The highest BCUT2D eigenvalue weighted by atomic mass is 32.2. The topological polar surface area (TPSA) is 66.5 Å². The van der Waals surface area contributed by atoms with E-state index in [9.17, 15) is 13.8 Å². The van der Waals surface area contributed by atoms with Crippen molar-refractivity contribution >= 4 is 22.6 Å². The largest absolute Gasteiger partial charge is 0.342 e. The Morgan fingerprint density at radius 2 is 2.06 bits per heavy atom. The third-order valence-corrected chi connectivity index (χ3v) is 3.79. The summed E-state index contributed by atoms with van der Waals surface area (Å²) in [4.78, 5) is 25.4. The van der Waals surface area contributed by atoms with Gasteiger partial charge >= 0.3 is 0 Å². The molecule has 2 atom stereocenters. The summed E-state index contributed by atoms with van der Waals surface area (Å²) in [5, 5.41) is 2.70. The van der Waals surface area contributed by atoms with Gasteiger partial charge in [0, 0.05) is 41.8 Å². The van der Waals surface area contributed by atoms with Gasteiger partial charge in [0.05, 0.1) is 0 Å². The molecule has 0 bridgehead atoms. The first-order chi connectivity index (χ1) is 7.74. The summed E-state index contributed by atoms with van der Waals surface area (Å²) in [7, 11) is -0.951. The summed E-state index contributed by atoms with van der Waals surface area (Å²) >= 11 is 0. The molecule has 1 N–H and O–H groups in total. The van der Waals surface area contributed by atoms with Crippen LogP contribution in [0.2, 0.25) is 0 Å². The van der Waals surface area contributed by atoms with Gasteiger partial charge in [0.15, 0.2) is 0 Å². The smallest absolute Gasteiger partial charge is 0.248 e. The number of hydrogen-bond donors (Lipinski definition) is 1. The molecule has 1 aliphatic heterocycles. The van der Waals surface area contributed by atoms with Crippen molar-refractivity contribution < 1.29 is 13.8 Å². The van der Waals surface area contributed by atoms with Gasteiger partial charge in [0.25, 0.3) is 0 Å². The molecule has 17 heavy (non-hydrogen) atoms.